The van der Waals surface area contributed by atoms with E-state index in [1.807, 2.05) is 0 Å². The number of nitro groups is 2. The van der Waals surface area contributed by atoms with Gasteiger partial charge in [-0.25, -0.2) is 14.4 Å². The summed E-state index contributed by atoms with van der Waals surface area (Å²) in [5.74, 6) is -3.38. The van der Waals surface area contributed by atoms with Crippen molar-refractivity contribution in [3.63, 3.8) is 0 Å². The normalized spacial score (nSPS) is 9.38. The Morgan fingerprint density at radius 2 is 1.06 bits per heavy atom. The van der Waals surface area contributed by atoms with Crippen molar-refractivity contribution in [1.29, 1.82) is 0 Å². The molecule has 0 aromatic heterocycles. The van der Waals surface area contributed by atoms with Crippen LogP contribution in [-0.2, 0) is 14.3 Å². The van der Waals surface area contributed by atoms with Gasteiger partial charge in [-0.2, -0.15) is 0 Å². The molecule has 4 aromatic carbocycles. The molecular formula is C32H30N4O12. The van der Waals surface area contributed by atoms with Crippen molar-refractivity contribution < 1.29 is 48.4 Å². The van der Waals surface area contributed by atoms with Crippen LogP contribution in [0.1, 0.15) is 55.8 Å². The first kappa shape index (κ1) is 39.1. The monoisotopic (exact) mass is 662 g/mol. The lowest BCUT2D eigenvalue weighted by molar-refractivity contribution is -0.385. The largest absolute Gasteiger partial charge is 0.478 e. The molecule has 16 heteroatoms. The van der Waals surface area contributed by atoms with Gasteiger partial charge in [-0.1, -0.05) is 7.43 Å². The third-order valence-electron chi connectivity index (χ3n) is 5.61. The molecule has 0 saturated carbocycles. The molecule has 1 amide bonds. The van der Waals surface area contributed by atoms with Crippen LogP contribution >= 0.6 is 0 Å². The van der Waals surface area contributed by atoms with Gasteiger partial charge >= 0.3 is 23.9 Å². The van der Waals surface area contributed by atoms with Gasteiger partial charge in [0, 0.05) is 48.1 Å². The molecule has 0 heterocycles. The molecule has 0 unspecified atom stereocenters. The number of carboxylic acids is 1. The van der Waals surface area contributed by atoms with Gasteiger partial charge in [0.2, 0.25) is 0 Å². The second-order valence-electron chi connectivity index (χ2n) is 8.94. The van der Waals surface area contributed by atoms with Crippen LogP contribution in [0.2, 0.25) is 0 Å². The summed E-state index contributed by atoms with van der Waals surface area (Å²) in [7, 11) is 1.35. The molecule has 4 rings (SSSR count). The van der Waals surface area contributed by atoms with Crippen LogP contribution in [0.25, 0.3) is 0 Å². The summed E-state index contributed by atoms with van der Waals surface area (Å²) in [4.78, 5) is 75.0. The number of carbonyl (C=O) groups is 5. The molecule has 0 atom stereocenters. The number of aromatic carboxylic acids is 1. The Labute approximate surface area is 273 Å². The minimum Gasteiger partial charge on any atom is -0.478 e. The van der Waals surface area contributed by atoms with Gasteiger partial charge in [0.25, 0.3) is 17.3 Å². The molecule has 0 saturated heterocycles. The van der Waals surface area contributed by atoms with Crippen molar-refractivity contribution in [2.24, 2.45) is 0 Å². The average molecular weight is 663 g/mol. The van der Waals surface area contributed by atoms with Crippen molar-refractivity contribution in [2.45, 2.75) is 14.4 Å². The maximum absolute atomic E-state index is 12.0. The second-order valence-corrected chi connectivity index (χ2v) is 8.94. The number of anilines is 2. The first-order chi connectivity index (χ1) is 22.2. The molecule has 4 N–H and O–H groups in total. The average Bonchev–Trinajstić information content (AvgIpc) is 3.05. The van der Waals surface area contributed by atoms with Crippen molar-refractivity contribution in [3.05, 3.63) is 140 Å². The molecule has 48 heavy (non-hydrogen) atoms. The Bertz CT molecular complexity index is 1720. The number of benzene rings is 4. The summed E-state index contributed by atoms with van der Waals surface area (Å²) in [5.41, 5.74) is 7.22. The highest BCUT2D eigenvalue weighted by Crippen LogP contribution is 2.16. The number of hydrogen-bond donors (Lipinski definition) is 3. The molecule has 0 aliphatic heterocycles. The number of rotatable bonds is 7. The van der Waals surface area contributed by atoms with Crippen molar-refractivity contribution in [1.82, 2.24) is 0 Å². The first-order valence-electron chi connectivity index (χ1n) is 13.0. The number of carbonyl (C=O) groups excluding carboxylic acids is 4. The van der Waals surface area contributed by atoms with E-state index in [0.29, 0.717) is 16.9 Å². The van der Waals surface area contributed by atoms with Crippen LogP contribution in [-0.4, -0.2) is 51.8 Å². The predicted molar refractivity (Wildman–Crippen MR) is 173 cm³/mol. The number of nitrogen functional groups attached to an aromatic ring is 1. The van der Waals surface area contributed by atoms with Crippen LogP contribution in [0.5, 0.6) is 0 Å². The molecule has 0 fully saturated rings. The van der Waals surface area contributed by atoms with Gasteiger partial charge in [0.05, 0.1) is 33.6 Å². The van der Waals surface area contributed by atoms with Crippen LogP contribution in [0, 0.1) is 20.2 Å². The number of carboxylic acid groups (broad SMARTS) is 1. The third kappa shape index (κ3) is 12.6. The maximum atomic E-state index is 12.0. The maximum Gasteiger partial charge on any atom is 0.345 e. The Morgan fingerprint density at radius 3 is 1.46 bits per heavy atom. The molecular weight excluding hydrogens is 632 g/mol. The number of nitrogens with two attached hydrogens (primary N) is 1. The number of amides is 1. The fourth-order valence-electron chi connectivity index (χ4n) is 3.28. The highest BCUT2D eigenvalue weighted by atomic mass is 16.6. The number of hydrogen-bond acceptors (Lipinski definition) is 12. The Balaban J connectivity index is 0.000000401. The van der Waals surface area contributed by atoms with Crippen LogP contribution in [0.15, 0.2) is 97.1 Å². The molecule has 0 aliphatic rings. The van der Waals surface area contributed by atoms with E-state index in [0.717, 1.165) is 19.1 Å². The Morgan fingerprint density at radius 1 is 0.667 bits per heavy atom. The van der Waals surface area contributed by atoms with E-state index in [9.17, 15) is 44.2 Å². The van der Waals surface area contributed by atoms with Crippen molar-refractivity contribution in [2.75, 3.05) is 18.2 Å². The third-order valence-corrected chi connectivity index (χ3v) is 5.61. The smallest absolute Gasteiger partial charge is 0.345 e. The molecule has 0 spiro atoms. The predicted octanol–water partition coefficient (Wildman–Crippen LogP) is 5.53. The van der Waals surface area contributed by atoms with Crippen LogP contribution < -0.4 is 11.1 Å². The summed E-state index contributed by atoms with van der Waals surface area (Å²) >= 11 is 0. The van der Waals surface area contributed by atoms with Crippen LogP contribution in [0.4, 0.5) is 22.7 Å². The number of esters is 3. The van der Waals surface area contributed by atoms with E-state index in [4.69, 9.17) is 10.8 Å². The topological polar surface area (TPSA) is 248 Å². The molecule has 4 aromatic rings. The summed E-state index contributed by atoms with van der Waals surface area (Å²) < 4.78 is 8.93. The minimum atomic E-state index is -1.09. The number of non-ortho nitro benzene ring substituents is 2. The number of nitro benzene ring substituents is 2. The van der Waals surface area contributed by atoms with Crippen molar-refractivity contribution in [3.8, 4) is 0 Å². The Kier molecular flexibility index (Phi) is 15.3. The Hall–Kier alpha value is -6.97. The standard InChI is InChI=1S/C16H12N2O6.C8H9NO2.C7H5NO4.CH4/c1-10(19)24-16(21)12-2-6-13(7-3-12)17-15(20)11-4-8-14(9-5-11)18(22)23;1-11-8(10)6-2-4-7(9)5-3-6;9-7(10)5-1-3-6(4-2-5)8(11)12;/h2-9H,1H3,(H,17,20);2-5H,9H2,1H3;1-4H,(H,9,10);1H4. The lowest BCUT2D eigenvalue weighted by Crippen LogP contribution is -2.12. The zero-order chi connectivity index (χ0) is 35.1. The van der Waals surface area contributed by atoms with E-state index >= 15 is 0 Å². The fraction of sp³-hybridized carbons (Fsp3) is 0.0938. The first-order valence-corrected chi connectivity index (χ1v) is 13.0. The summed E-state index contributed by atoms with van der Waals surface area (Å²) in [6.07, 6.45) is 0. The van der Waals surface area contributed by atoms with Gasteiger partial charge in [-0.15, -0.1) is 0 Å². The van der Waals surface area contributed by atoms with E-state index in [1.54, 1.807) is 24.3 Å². The van der Waals surface area contributed by atoms with Crippen molar-refractivity contribution >= 4 is 52.5 Å². The summed E-state index contributed by atoms with van der Waals surface area (Å²) in [5, 5.41) is 31.7. The number of nitrogens with one attached hydrogen (secondary N) is 1. The quantitative estimate of drug-likeness (QED) is 0.0724. The molecule has 16 nitrogen and oxygen atoms in total. The van der Waals surface area contributed by atoms with E-state index < -0.39 is 33.7 Å². The van der Waals surface area contributed by atoms with Gasteiger partial charge in [-0.05, 0) is 72.8 Å². The summed E-state index contributed by atoms with van der Waals surface area (Å²) in [6, 6.07) is 22.2. The lowest BCUT2D eigenvalue weighted by Gasteiger charge is -2.06. The van der Waals surface area contributed by atoms with E-state index in [2.05, 4.69) is 14.8 Å². The molecule has 0 bridgehead atoms. The minimum absolute atomic E-state index is 0. The molecule has 0 aliphatic carbocycles. The lowest BCUT2D eigenvalue weighted by atomic mass is 10.1. The van der Waals surface area contributed by atoms with Crippen LogP contribution in [0.3, 0.4) is 0 Å². The van der Waals surface area contributed by atoms with Gasteiger partial charge in [-0.3, -0.25) is 29.8 Å². The summed E-state index contributed by atoms with van der Waals surface area (Å²) in [6.45, 7) is 1.12. The molecule has 250 valence electrons. The molecule has 0 radical (unpaired) electrons. The second kappa shape index (κ2) is 18.7. The fourth-order valence-corrected chi connectivity index (χ4v) is 3.28. The SMILES string of the molecule is C.CC(=O)OC(=O)c1ccc(NC(=O)c2ccc([N+](=O)[O-])cc2)cc1.COC(=O)c1ccc(N)cc1.O=C(O)c1ccc([N+](=O)[O-])cc1. The highest BCUT2D eigenvalue weighted by Gasteiger charge is 2.12. The zero-order valence-corrected chi connectivity index (χ0v) is 24.6. The van der Waals surface area contributed by atoms with E-state index in [-0.39, 0.29) is 41.5 Å². The number of methoxy groups -OCH3 is 1. The van der Waals surface area contributed by atoms with Gasteiger partial charge < -0.3 is 25.6 Å². The zero-order valence-electron chi connectivity index (χ0n) is 24.6. The van der Waals surface area contributed by atoms with Gasteiger partial charge in [0.15, 0.2) is 0 Å². The van der Waals surface area contributed by atoms with Gasteiger partial charge in [0.1, 0.15) is 0 Å². The van der Waals surface area contributed by atoms with E-state index in [1.165, 1.54) is 67.8 Å². The highest BCUT2D eigenvalue weighted by molar-refractivity contribution is 6.04. The number of ether oxygens (including phenoxy) is 2. The number of nitrogens with zero attached hydrogens (tertiary/aromatic N) is 2.